The number of nitrogens with two attached hydrogens (primary N) is 1. The highest BCUT2D eigenvalue weighted by atomic mass is 16.5. The number of aromatic nitrogens is 2. The summed E-state index contributed by atoms with van der Waals surface area (Å²) in [6.07, 6.45) is 3.86. The molecule has 0 saturated carbocycles. The quantitative estimate of drug-likeness (QED) is 0.609. The summed E-state index contributed by atoms with van der Waals surface area (Å²) in [6, 6.07) is 7.63. The maximum absolute atomic E-state index is 5.64. The van der Waals surface area contributed by atoms with Crippen molar-refractivity contribution in [3.63, 3.8) is 0 Å². The van der Waals surface area contributed by atoms with Gasteiger partial charge in [0.25, 0.3) is 0 Å². The average molecular weight is 274 g/mol. The topological polar surface area (TPSA) is 82.3 Å². The van der Waals surface area contributed by atoms with Crippen molar-refractivity contribution in [1.82, 2.24) is 15.4 Å². The highest BCUT2D eigenvalue weighted by Gasteiger charge is 2.18. The molecule has 2 aromatic rings. The van der Waals surface area contributed by atoms with Gasteiger partial charge in [0, 0.05) is 12.4 Å². The van der Waals surface area contributed by atoms with Crippen molar-refractivity contribution in [2.24, 2.45) is 5.84 Å². The Bertz CT molecular complexity index is 562. The second-order valence-electron chi connectivity index (χ2n) is 4.23. The third-order valence-corrected chi connectivity index (χ3v) is 2.99. The minimum atomic E-state index is -0.189. The molecule has 1 unspecified atom stereocenters. The fraction of sp³-hybridized carbons (Fsp3) is 0.286. The van der Waals surface area contributed by atoms with E-state index < -0.39 is 0 Å². The molecule has 0 aliphatic carbocycles. The van der Waals surface area contributed by atoms with Gasteiger partial charge in [-0.2, -0.15) is 0 Å². The van der Waals surface area contributed by atoms with Gasteiger partial charge < -0.3 is 9.47 Å². The maximum Gasteiger partial charge on any atom is 0.237 e. The Labute approximate surface area is 117 Å². The smallest absolute Gasteiger partial charge is 0.237 e. The molecule has 1 aromatic carbocycles. The monoisotopic (exact) mass is 274 g/mol. The van der Waals surface area contributed by atoms with E-state index in [0.717, 1.165) is 11.3 Å². The third-order valence-electron chi connectivity index (χ3n) is 2.99. The van der Waals surface area contributed by atoms with Crippen LogP contribution in [0.3, 0.4) is 0 Å². The summed E-state index contributed by atoms with van der Waals surface area (Å²) in [5.74, 6) is 6.92. The Morgan fingerprint density at radius 1 is 1.20 bits per heavy atom. The van der Waals surface area contributed by atoms with Crippen LogP contribution in [-0.4, -0.2) is 24.2 Å². The van der Waals surface area contributed by atoms with E-state index in [2.05, 4.69) is 15.4 Å². The van der Waals surface area contributed by atoms with E-state index in [0.29, 0.717) is 18.0 Å². The zero-order valence-electron chi connectivity index (χ0n) is 11.5. The molecular formula is C14H18N4O2. The van der Waals surface area contributed by atoms with Gasteiger partial charge in [0.1, 0.15) is 11.4 Å². The summed E-state index contributed by atoms with van der Waals surface area (Å²) >= 11 is 0. The van der Waals surface area contributed by atoms with Gasteiger partial charge in [0.2, 0.25) is 5.88 Å². The van der Waals surface area contributed by atoms with Crippen LogP contribution in [0, 0.1) is 0 Å². The largest absolute Gasteiger partial charge is 0.497 e. The summed E-state index contributed by atoms with van der Waals surface area (Å²) < 4.78 is 10.4. The molecule has 0 bridgehead atoms. The number of hydrazine groups is 1. The summed E-state index contributed by atoms with van der Waals surface area (Å²) in [7, 11) is 3.20. The SMILES string of the molecule is COc1cccc(CC(NN)c2nccnc2OC)c1. The van der Waals surface area contributed by atoms with Gasteiger partial charge in [-0.25, -0.2) is 4.98 Å². The van der Waals surface area contributed by atoms with Crippen LogP contribution < -0.4 is 20.7 Å². The van der Waals surface area contributed by atoms with Crippen molar-refractivity contribution in [2.45, 2.75) is 12.5 Å². The van der Waals surface area contributed by atoms with Gasteiger partial charge in [-0.05, 0) is 24.1 Å². The normalized spacial score (nSPS) is 11.9. The van der Waals surface area contributed by atoms with Gasteiger partial charge in [-0.15, -0.1) is 0 Å². The Balaban J connectivity index is 2.24. The van der Waals surface area contributed by atoms with Crippen LogP contribution in [0.25, 0.3) is 0 Å². The van der Waals surface area contributed by atoms with Crippen LogP contribution in [-0.2, 0) is 6.42 Å². The lowest BCUT2D eigenvalue weighted by atomic mass is 10.0. The molecule has 106 valence electrons. The number of hydrogen-bond donors (Lipinski definition) is 2. The molecule has 3 N–H and O–H groups in total. The minimum absolute atomic E-state index is 0.189. The Kier molecular flexibility index (Phi) is 4.86. The first-order valence-electron chi connectivity index (χ1n) is 6.22. The number of hydrogen-bond acceptors (Lipinski definition) is 6. The molecule has 1 atom stereocenters. The lowest BCUT2D eigenvalue weighted by Crippen LogP contribution is -2.30. The van der Waals surface area contributed by atoms with Crippen LogP contribution in [0.2, 0.25) is 0 Å². The molecule has 0 amide bonds. The summed E-state index contributed by atoms with van der Waals surface area (Å²) in [5, 5.41) is 0. The van der Waals surface area contributed by atoms with Crippen LogP contribution in [0.15, 0.2) is 36.7 Å². The Hall–Kier alpha value is -2.18. The van der Waals surface area contributed by atoms with E-state index in [4.69, 9.17) is 15.3 Å². The van der Waals surface area contributed by atoms with Gasteiger partial charge >= 0.3 is 0 Å². The predicted octanol–water partition coefficient (Wildman–Crippen LogP) is 1.24. The first-order chi connectivity index (χ1) is 9.78. The second-order valence-corrected chi connectivity index (χ2v) is 4.23. The Morgan fingerprint density at radius 3 is 2.70 bits per heavy atom. The van der Waals surface area contributed by atoms with Crippen molar-refractivity contribution >= 4 is 0 Å². The first kappa shape index (κ1) is 14.2. The zero-order valence-corrected chi connectivity index (χ0v) is 11.5. The van der Waals surface area contributed by atoms with Gasteiger partial charge in [0.05, 0.1) is 20.3 Å². The molecular weight excluding hydrogens is 256 g/mol. The number of rotatable bonds is 6. The first-order valence-corrected chi connectivity index (χ1v) is 6.22. The maximum atomic E-state index is 5.64. The minimum Gasteiger partial charge on any atom is -0.497 e. The van der Waals surface area contributed by atoms with E-state index in [1.807, 2.05) is 24.3 Å². The van der Waals surface area contributed by atoms with Crippen molar-refractivity contribution < 1.29 is 9.47 Å². The molecule has 0 aliphatic rings. The summed E-state index contributed by atoms with van der Waals surface area (Å²) in [6.45, 7) is 0. The van der Waals surface area contributed by atoms with Crippen LogP contribution in [0.5, 0.6) is 11.6 Å². The molecule has 6 nitrogen and oxygen atoms in total. The molecule has 0 spiro atoms. The molecule has 20 heavy (non-hydrogen) atoms. The summed E-state index contributed by atoms with van der Waals surface area (Å²) in [4.78, 5) is 8.43. The number of methoxy groups -OCH3 is 2. The highest BCUT2D eigenvalue weighted by molar-refractivity contribution is 5.31. The van der Waals surface area contributed by atoms with Crippen molar-refractivity contribution in [3.05, 3.63) is 47.9 Å². The third kappa shape index (κ3) is 3.23. The standard InChI is InChI=1S/C14H18N4O2/c1-19-11-5-3-4-10(8-11)9-12(18-15)13-14(20-2)17-7-6-16-13/h3-8,12,18H,9,15H2,1-2H3. The van der Waals surface area contributed by atoms with Crippen LogP contribution in [0.4, 0.5) is 0 Å². The molecule has 6 heteroatoms. The molecule has 0 aliphatic heterocycles. The summed E-state index contributed by atoms with van der Waals surface area (Å²) in [5.41, 5.74) is 4.52. The van der Waals surface area contributed by atoms with Crippen LogP contribution >= 0.6 is 0 Å². The van der Waals surface area contributed by atoms with Gasteiger partial charge in [0.15, 0.2) is 0 Å². The fourth-order valence-corrected chi connectivity index (χ4v) is 2.00. The predicted molar refractivity (Wildman–Crippen MR) is 75.3 cm³/mol. The number of ether oxygens (including phenoxy) is 2. The molecule has 0 radical (unpaired) electrons. The number of nitrogens with one attached hydrogen (secondary N) is 1. The molecule has 0 saturated heterocycles. The molecule has 0 fully saturated rings. The molecule has 1 heterocycles. The van der Waals surface area contributed by atoms with E-state index in [-0.39, 0.29) is 6.04 Å². The zero-order chi connectivity index (χ0) is 14.4. The lowest BCUT2D eigenvalue weighted by molar-refractivity contribution is 0.377. The van der Waals surface area contributed by atoms with Crippen molar-refractivity contribution in [2.75, 3.05) is 14.2 Å². The van der Waals surface area contributed by atoms with Crippen molar-refractivity contribution in [3.8, 4) is 11.6 Å². The highest BCUT2D eigenvalue weighted by Crippen LogP contribution is 2.24. The van der Waals surface area contributed by atoms with E-state index in [9.17, 15) is 0 Å². The van der Waals surface area contributed by atoms with E-state index in [1.54, 1.807) is 26.6 Å². The fourth-order valence-electron chi connectivity index (χ4n) is 2.00. The van der Waals surface area contributed by atoms with Gasteiger partial charge in [-0.1, -0.05) is 12.1 Å². The van der Waals surface area contributed by atoms with Crippen molar-refractivity contribution in [1.29, 1.82) is 0 Å². The number of benzene rings is 1. The van der Waals surface area contributed by atoms with E-state index in [1.165, 1.54) is 0 Å². The van der Waals surface area contributed by atoms with E-state index >= 15 is 0 Å². The molecule has 1 aromatic heterocycles. The Morgan fingerprint density at radius 2 is 2.00 bits per heavy atom. The van der Waals surface area contributed by atoms with Crippen LogP contribution in [0.1, 0.15) is 17.3 Å². The van der Waals surface area contributed by atoms with Gasteiger partial charge in [-0.3, -0.25) is 16.3 Å². The average Bonchev–Trinajstić information content (AvgIpc) is 2.52. The number of nitrogens with zero attached hydrogens (tertiary/aromatic N) is 2. The second kappa shape index (κ2) is 6.83. The molecule has 2 rings (SSSR count). The lowest BCUT2D eigenvalue weighted by Gasteiger charge is -2.17.